The van der Waals surface area contributed by atoms with Crippen LogP contribution in [-0.4, -0.2) is 24.5 Å². The molecule has 0 saturated carbocycles. The Balaban J connectivity index is 1.74. The number of para-hydroxylation sites is 1. The fourth-order valence-corrected chi connectivity index (χ4v) is 3.59. The SMILES string of the molecule is CCC(=O)N(c1ccccc1)C1CCNC(Cc2ccccc2)C1. The van der Waals surface area contributed by atoms with Crippen LogP contribution >= 0.6 is 0 Å². The summed E-state index contributed by atoms with van der Waals surface area (Å²) in [7, 11) is 0. The van der Waals surface area contributed by atoms with Crippen LogP contribution in [0.1, 0.15) is 31.7 Å². The van der Waals surface area contributed by atoms with Crippen LogP contribution in [0.5, 0.6) is 0 Å². The Hall–Kier alpha value is -2.13. The second kappa shape index (κ2) is 8.11. The minimum absolute atomic E-state index is 0.214. The summed E-state index contributed by atoms with van der Waals surface area (Å²) < 4.78 is 0. The summed E-state index contributed by atoms with van der Waals surface area (Å²) in [5, 5.41) is 3.62. The smallest absolute Gasteiger partial charge is 0.226 e. The van der Waals surface area contributed by atoms with Gasteiger partial charge >= 0.3 is 0 Å². The number of benzene rings is 2. The van der Waals surface area contributed by atoms with Crippen LogP contribution in [-0.2, 0) is 11.2 Å². The van der Waals surface area contributed by atoms with E-state index in [9.17, 15) is 4.79 Å². The Bertz CT molecular complexity index is 641. The Morgan fingerprint density at radius 1 is 1.08 bits per heavy atom. The van der Waals surface area contributed by atoms with E-state index < -0.39 is 0 Å². The Kier molecular flexibility index (Phi) is 5.65. The summed E-state index contributed by atoms with van der Waals surface area (Å²) in [6, 6.07) is 21.4. The molecular weight excluding hydrogens is 296 g/mol. The van der Waals surface area contributed by atoms with Crippen LogP contribution in [0.15, 0.2) is 60.7 Å². The first kappa shape index (κ1) is 16.7. The number of carbonyl (C=O) groups is 1. The maximum atomic E-state index is 12.6. The first-order valence-electron chi connectivity index (χ1n) is 8.92. The lowest BCUT2D eigenvalue weighted by atomic mass is 9.92. The number of hydrogen-bond donors (Lipinski definition) is 1. The number of nitrogens with one attached hydrogen (secondary N) is 1. The van der Waals surface area contributed by atoms with Crippen LogP contribution < -0.4 is 10.2 Å². The molecule has 1 fully saturated rings. The molecule has 0 aromatic heterocycles. The molecule has 0 aliphatic carbocycles. The molecule has 3 heteroatoms. The molecule has 1 N–H and O–H groups in total. The maximum Gasteiger partial charge on any atom is 0.226 e. The zero-order chi connectivity index (χ0) is 16.8. The molecule has 3 nitrogen and oxygen atoms in total. The van der Waals surface area contributed by atoms with E-state index in [4.69, 9.17) is 0 Å². The van der Waals surface area contributed by atoms with Crippen molar-refractivity contribution >= 4 is 11.6 Å². The van der Waals surface area contributed by atoms with Gasteiger partial charge < -0.3 is 10.2 Å². The molecule has 3 rings (SSSR count). The lowest BCUT2D eigenvalue weighted by Gasteiger charge is -2.38. The van der Waals surface area contributed by atoms with Crippen LogP contribution in [0.2, 0.25) is 0 Å². The van der Waals surface area contributed by atoms with Gasteiger partial charge in [-0.1, -0.05) is 55.5 Å². The summed E-state index contributed by atoms with van der Waals surface area (Å²) in [6.45, 7) is 2.91. The van der Waals surface area contributed by atoms with E-state index >= 15 is 0 Å². The molecule has 2 aromatic rings. The predicted octanol–water partition coefficient (Wildman–Crippen LogP) is 3.79. The lowest BCUT2D eigenvalue weighted by Crippen LogP contribution is -2.50. The van der Waals surface area contributed by atoms with Gasteiger partial charge in [-0.25, -0.2) is 0 Å². The van der Waals surface area contributed by atoms with Gasteiger partial charge in [0.15, 0.2) is 0 Å². The van der Waals surface area contributed by atoms with Crippen molar-refractivity contribution in [1.29, 1.82) is 0 Å². The summed E-state index contributed by atoms with van der Waals surface area (Å²) in [6.07, 6.45) is 3.56. The zero-order valence-corrected chi connectivity index (χ0v) is 14.3. The van der Waals surface area contributed by atoms with Gasteiger partial charge in [0.25, 0.3) is 0 Å². The fourth-order valence-electron chi connectivity index (χ4n) is 3.59. The topological polar surface area (TPSA) is 32.3 Å². The van der Waals surface area contributed by atoms with Gasteiger partial charge in [0.2, 0.25) is 5.91 Å². The van der Waals surface area contributed by atoms with Gasteiger partial charge in [-0.2, -0.15) is 0 Å². The van der Waals surface area contributed by atoms with Crippen LogP contribution in [0, 0.1) is 0 Å². The van der Waals surface area contributed by atoms with E-state index in [0.717, 1.165) is 31.5 Å². The predicted molar refractivity (Wildman–Crippen MR) is 99.2 cm³/mol. The van der Waals surface area contributed by atoms with Gasteiger partial charge in [-0.05, 0) is 43.5 Å². The van der Waals surface area contributed by atoms with Crippen LogP contribution in [0.25, 0.3) is 0 Å². The fraction of sp³-hybridized carbons (Fsp3) is 0.381. The van der Waals surface area contributed by atoms with E-state index in [1.54, 1.807) is 0 Å². The highest BCUT2D eigenvalue weighted by molar-refractivity contribution is 5.93. The molecule has 1 aliphatic heterocycles. The molecule has 1 heterocycles. The molecule has 126 valence electrons. The van der Waals surface area contributed by atoms with Crippen molar-refractivity contribution in [2.75, 3.05) is 11.4 Å². The number of piperidine rings is 1. The van der Waals surface area contributed by atoms with E-state index in [1.807, 2.05) is 42.2 Å². The lowest BCUT2D eigenvalue weighted by molar-refractivity contribution is -0.118. The average molecular weight is 322 g/mol. The van der Waals surface area contributed by atoms with Gasteiger partial charge in [0.1, 0.15) is 0 Å². The molecule has 24 heavy (non-hydrogen) atoms. The third-order valence-corrected chi connectivity index (χ3v) is 4.76. The summed E-state index contributed by atoms with van der Waals surface area (Å²) in [4.78, 5) is 14.6. The second-order valence-electron chi connectivity index (χ2n) is 6.47. The van der Waals surface area contributed by atoms with Crippen molar-refractivity contribution in [2.45, 2.75) is 44.7 Å². The highest BCUT2D eigenvalue weighted by Gasteiger charge is 2.29. The van der Waals surface area contributed by atoms with Crippen molar-refractivity contribution in [2.24, 2.45) is 0 Å². The molecule has 0 bridgehead atoms. The van der Waals surface area contributed by atoms with E-state index in [-0.39, 0.29) is 11.9 Å². The first-order chi connectivity index (χ1) is 11.8. The van der Waals surface area contributed by atoms with Crippen LogP contribution in [0.4, 0.5) is 5.69 Å². The van der Waals surface area contributed by atoms with Gasteiger partial charge in [0, 0.05) is 24.2 Å². The number of anilines is 1. The van der Waals surface area contributed by atoms with Crippen molar-refractivity contribution in [3.8, 4) is 0 Å². The van der Waals surface area contributed by atoms with Crippen molar-refractivity contribution in [3.05, 3.63) is 66.2 Å². The summed E-state index contributed by atoms with van der Waals surface area (Å²) in [5.41, 5.74) is 2.37. The van der Waals surface area contributed by atoms with Gasteiger partial charge in [0.05, 0.1) is 0 Å². The Morgan fingerprint density at radius 3 is 2.42 bits per heavy atom. The minimum atomic E-state index is 0.214. The molecule has 1 amide bonds. The number of hydrogen-bond acceptors (Lipinski definition) is 2. The Morgan fingerprint density at radius 2 is 1.75 bits per heavy atom. The number of rotatable bonds is 5. The molecule has 0 radical (unpaired) electrons. The highest BCUT2D eigenvalue weighted by Crippen LogP contribution is 2.25. The first-order valence-corrected chi connectivity index (χ1v) is 8.92. The molecule has 0 spiro atoms. The third-order valence-electron chi connectivity index (χ3n) is 4.76. The average Bonchev–Trinajstić information content (AvgIpc) is 2.64. The largest absolute Gasteiger partial charge is 0.313 e. The van der Waals surface area contributed by atoms with Gasteiger partial charge in [-0.3, -0.25) is 4.79 Å². The standard InChI is InChI=1S/C21H26N2O/c1-2-21(24)23(19-11-7-4-8-12-19)20-13-14-22-18(16-20)15-17-9-5-3-6-10-17/h3-12,18,20,22H,2,13-16H2,1H3. The monoisotopic (exact) mass is 322 g/mol. The number of nitrogens with zero attached hydrogens (tertiary/aromatic N) is 1. The molecule has 2 unspecified atom stereocenters. The second-order valence-corrected chi connectivity index (χ2v) is 6.47. The van der Waals surface area contributed by atoms with E-state index in [1.165, 1.54) is 5.56 Å². The normalized spacial score (nSPS) is 20.5. The van der Waals surface area contributed by atoms with E-state index in [0.29, 0.717) is 12.5 Å². The number of amides is 1. The Labute approximate surface area is 144 Å². The van der Waals surface area contributed by atoms with Crippen molar-refractivity contribution < 1.29 is 4.79 Å². The quantitative estimate of drug-likeness (QED) is 0.908. The van der Waals surface area contributed by atoms with Crippen molar-refractivity contribution in [3.63, 3.8) is 0 Å². The third kappa shape index (κ3) is 4.04. The summed E-state index contributed by atoms with van der Waals surface area (Å²) >= 11 is 0. The molecular formula is C21H26N2O. The zero-order valence-electron chi connectivity index (χ0n) is 14.3. The van der Waals surface area contributed by atoms with Crippen molar-refractivity contribution in [1.82, 2.24) is 5.32 Å². The molecule has 2 atom stereocenters. The summed E-state index contributed by atoms with van der Waals surface area (Å²) in [5.74, 6) is 0.214. The molecule has 2 aromatic carbocycles. The van der Waals surface area contributed by atoms with Crippen LogP contribution in [0.3, 0.4) is 0 Å². The molecule has 1 aliphatic rings. The molecule has 1 saturated heterocycles. The number of carbonyl (C=O) groups excluding carboxylic acids is 1. The minimum Gasteiger partial charge on any atom is -0.313 e. The maximum absolute atomic E-state index is 12.6. The van der Waals surface area contributed by atoms with Gasteiger partial charge in [-0.15, -0.1) is 0 Å². The van der Waals surface area contributed by atoms with E-state index in [2.05, 4.69) is 35.6 Å². The highest BCUT2D eigenvalue weighted by atomic mass is 16.2.